The summed E-state index contributed by atoms with van der Waals surface area (Å²) in [5.41, 5.74) is 0. The van der Waals surface area contributed by atoms with Crippen LogP contribution in [0.1, 0.15) is 6.42 Å². The second-order valence-corrected chi connectivity index (χ2v) is 17.5. The van der Waals surface area contributed by atoms with Gasteiger partial charge in [0, 0.05) is 11.5 Å². The van der Waals surface area contributed by atoms with Crippen molar-refractivity contribution in [1.29, 1.82) is 0 Å². The molecule has 10 heteroatoms. The fourth-order valence-electron chi connectivity index (χ4n) is 4.57. The quantitative estimate of drug-likeness (QED) is 0.104. The highest BCUT2D eigenvalue weighted by Crippen LogP contribution is 2.31. The first-order valence-electron chi connectivity index (χ1n) is 15.3. The third-order valence-electron chi connectivity index (χ3n) is 6.66. The molecule has 6 aromatic rings. The van der Waals surface area contributed by atoms with Gasteiger partial charge < -0.3 is 9.11 Å². The van der Waals surface area contributed by atoms with E-state index in [1.165, 1.54) is 29.4 Å². The minimum absolute atomic E-state index is 0.0146. The van der Waals surface area contributed by atoms with E-state index in [-0.39, 0.29) is 21.8 Å². The Hall–Kier alpha value is -4.16. The lowest BCUT2D eigenvalue weighted by Gasteiger charge is -2.08. The van der Waals surface area contributed by atoms with Gasteiger partial charge in [-0.25, -0.2) is 16.8 Å². The van der Waals surface area contributed by atoms with Gasteiger partial charge in [-0.3, -0.25) is 0 Å². The highest BCUT2D eigenvalue weighted by atomic mass is 32.2. The Bertz CT molecular complexity index is 1680. The van der Waals surface area contributed by atoms with Gasteiger partial charge in [0.05, 0.1) is 42.0 Å². The van der Waals surface area contributed by atoms with Crippen molar-refractivity contribution in [2.24, 2.45) is 0 Å². The first-order chi connectivity index (χ1) is 23.6. The van der Waals surface area contributed by atoms with E-state index in [1.54, 1.807) is 0 Å². The summed E-state index contributed by atoms with van der Waals surface area (Å²) in [7, 11) is -8.83. The molecular formula is C39H36O6S4. The molecule has 0 amide bonds. The van der Waals surface area contributed by atoms with Crippen LogP contribution < -0.4 is 0 Å². The summed E-state index contributed by atoms with van der Waals surface area (Å²) >= 11 is 0. The van der Waals surface area contributed by atoms with Crippen LogP contribution in [-0.2, 0) is 42.0 Å². The van der Waals surface area contributed by atoms with Crippen molar-refractivity contribution in [2.75, 3.05) is 11.5 Å². The summed E-state index contributed by atoms with van der Waals surface area (Å²) in [6.07, 6.45) is -0.433. The Kier molecular flexibility index (Phi) is 14.7. The van der Waals surface area contributed by atoms with Gasteiger partial charge in [0.1, 0.15) is 0 Å². The molecule has 6 aromatic carbocycles. The van der Waals surface area contributed by atoms with Crippen molar-refractivity contribution in [3.63, 3.8) is 0 Å². The molecule has 0 radical (unpaired) electrons. The predicted octanol–water partition coefficient (Wildman–Crippen LogP) is 8.03. The van der Waals surface area contributed by atoms with E-state index in [9.17, 15) is 25.9 Å². The average Bonchev–Trinajstić information content (AvgIpc) is 3.11. The van der Waals surface area contributed by atoms with Crippen molar-refractivity contribution in [2.45, 2.75) is 35.8 Å². The molecule has 6 rings (SSSR count). The van der Waals surface area contributed by atoms with Gasteiger partial charge in [-0.2, -0.15) is 0 Å². The first-order valence-corrected chi connectivity index (χ1v) is 20.9. The SMILES string of the molecule is O=S(=O)([O-])CCCS(=O)(=O)[O-].c1ccc([S+](c2ccccc2)c2ccccc2)cc1.c1ccc([S+](c2ccccc2)c2ccccc2)cc1. The van der Waals surface area contributed by atoms with Crippen molar-refractivity contribution in [3.8, 4) is 0 Å². The molecule has 6 nitrogen and oxygen atoms in total. The van der Waals surface area contributed by atoms with Gasteiger partial charge >= 0.3 is 0 Å². The van der Waals surface area contributed by atoms with Gasteiger partial charge in [0.25, 0.3) is 0 Å². The molecule has 0 aliphatic carbocycles. The lowest BCUT2D eigenvalue weighted by molar-refractivity contribution is 0.457. The van der Waals surface area contributed by atoms with Crippen LogP contribution in [0, 0.1) is 0 Å². The Morgan fingerprint density at radius 2 is 0.490 bits per heavy atom. The summed E-state index contributed by atoms with van der Waals surface area (Å²) in [6.45, 7) is 0. The topological polar surface area (TPSA) is 114 Å². The summed E-state index contributed by atoms with van der Waals surface area (Å²) in [5.74, 6) is -1.62. The van der Waals surface area contributed by atoms with Crippen LogP contribution in [0.2, 0.25) is 0 Å². The second-order valence-electron chi connectivity index (χ2n) is 10.4. The molecule has 0 bridgehead atoms. The molecule has 0 aliphatic heterocycles. The number of rotatable bonds is 10. The largest absolute Gasteiger partial charge is 0.748 e. The van der Waals surface area contributed by atoms with Crippen LogP contribution >= 0.6 is 0 Å². The zero-order chi connectivity index (χ0) is 35.0. The molecule has 252 valence electrons. The van der Waals surface area contributed by atoms with Crippen LogP contribution in [0.15, 0.2) is 211 Å². The van der Waals surface area contributed by atoms with Crippen molar-refractivity contribution >= 4 is 42.0 Å². The Balaban J connectivity index is 0.000000173. The zero-order valence-corrected chi connectivity index (χ0v) is 29.8. The molecule has 0 N–H and O–H groups in total. The van der Waals surface area contributed by atoms with Gasteiger partial charge in [-0.05, 0) is 79.2 Å². The normalized spacial score (nSPS) is 11.2. The standard InChI is InChI=1S/2C18H15S.C3H8O6S2/c2*1-4-10-16(11-5-1)19(17-12-6-2-7-13-17)18-14-8-3-9-15-18;4-10(5,6)2-1-3-11(7,8)9/h2*1-15H;1-3H2,(H,4,5,6)(H,7,8,9)/q2*+1;/p-2. The number of hydrogen-bond donors (Lipinski definition) is 0. The summed E-state index contributed by atoms with van der Waals surface area (Å²) in [6, 6.07) is 64.3. The maximum absolute atomic E-state index is 9.86. The van der Waals surface area contributed by atoms with Crippen LogP contribution in [0.5, 0.6) is 0 Å². The Morgan fingerprint density at radius 3 is 0.633 bits per heavy atom. The maximum atomic E-state index is 9.86. The molecule has 0 saturated carbocycles. The van der Waals surface area contributed by atoms with E-state index in [2.05, 4.69) is 182 Å². The molecule has 0 unspecified atom stereocenters. The van der Waals surface area contributed by atoms with E-state index in [0.717, 1.165) is 0 Å². The fraction of sp³-hybridized carbons (Fsp3) is 0.0769. The highest BCUT2D eigenvalue weighted by Gasteiger charge is 2.28. The van der Waals surface area contributed by atoms with E-state index < -0.39 is 38.2 Å². The molecule has 0 aromatic heterocycles. The number of hydrogen-bond acceptors (Lipinski definition) is 6. The molecule has 0 saturated heterocycles. The Morgan fingerprint density at radius 1 is 0.327 bits per heavy atom. The molecule has 0 fully saturated rings. The van der Waals surface area contributed by atoms with E-state index >= 15 is 0 Å². The summed E-state index contributed by atoms with van der Waals surface area (Å²) < 4.78 is 59.2. The van der Waals surface area contributed by atoms with Gasteiger partial charge in [0.2, 0.25) is 0 Å². The molecule has 49 heavy (non-hydrogen) atoms. The summed E-state index contributed by atoms with van der Waals surface area (Å²) in [4.78, 5) is 8.17. The molecule has 0 aliphatic rings. The van der Waals surface area contributed by atoms with E-state index in [0.29, 0.717) is 0 Å². The highest BCUT2D eigenvalue weighted by molar-refractivity contribution is 7.97. The minimum atomic E-state index is -4.40. The monoisotopic (exact) mass is 728 g/mol. The molecule has 0 atom stereocenters. The van der Waals surface area contributed by atoms with Crippen LogP contribution in [0.3, 0.4) is 0 Å². The third-order valence-corrected chi connectivity index (χ3v) is 12.7. The summed E-state index contributed by atoms with van der Waals surface area (Å²) in [5, 5.41) is 0. The lowest BCUT2D eigenvalue weighted by Crippen LogP contribution is -2.11. The molecule has 0 heterocycles. The van der Waals surface area contributed by atoms with E-state index in [4.69, 9.17) is 0 Å². The minimum Gasteiger partial charge on any atom is -0.748 e. The van der Waals surface area contributed by atoms with Crippen LogP contribution in [-0.4, -0.2) is 37.4 Å². The maximum Gasteiger partial charge on any atom is 0.166 e. The predicted molar refractivity (Wildman–Crippen MR) is 197 cm³/mol. The van der Waals surface area contributed by atoms with E-state index in [1.807, 2.05) is 0 Å². The average molecular weight is 729 g/mol. The second kappa shape index (κ2) is 19.1. The molecular weight excluding hydrogens is 693 g/mol. The zero-order valence-electron chi connectivity index (χ0n) is 26.5. The smallest absolute Gasteiger partial charge is 0.166 e. The van der Waals surface area contributed by atoms with Crippen molar-refractivity contribution in [1.82, 2.24) is 0 Å². The van der Waals surface area contributed by atoms with Gasteiger partial charge in [-0.15, -0.1) is 0 Å². The Labute approximate surface area is 295 Å². The van der Waals surface area contributed by atoms with Gasteiger partial charge in [0.15, 0.2) is 29.4 Å². The van der Waals surface area contributed by atoms with Crippen LogP contribution in [0.25, 0.3) is 0 Å². The van der Waals surface area contributed by atoms with Gasteiger partial charge in [-0.1, -0.05) is 109 Å². The van der Waals surface area contributed by atoms with Crippen molar-refractivity contribution < 1.29 is 25.9 Å². The number of benzene rings is 6. The van der Waals surface area contributed by atoms with Crippen LogP contribution in [0.4, 0.5) is 0 Å². The third kappa shape index (κ3) is 13.3. The van der Waals surface area contributed by atoms with Crippen molar-refractivity contribution in [3.05, 3.63) is 182 Å². The lowest BCUT2D eigenvalue weighted by atomic mass is 10.4. The first kappa shape index (κ1) is 37.7. The fourth-order valence-corrected chi connectivity index (χ4v) is 9.96. The molecule has 0 spiro atoms.